The minimum absolute atomic E-state index is 0.164. The third-order valence-corrected chi connectivity index (χ3v) is 5.08. The first-order valence-electron chi connectivity index (χ1n) is 9.70. The summed E-state index contributed by atoms with van der Waals surface area (Å²) in [7, 11) is 1.63. The SMILES string of the molecule is COc1cccc(COC(C)C(=O)NC(C)(c2ccccc2)c2ccccc2)c1. The molecule has 3 aromatic rings. The first-order chi connectivity index (χ1) is 14.0. The van der Waals surface area contributed by atoms with Crippen LogP contribution in [0.3, 0.4) is 0 Å². The Morgan fingerprint density at radius 1 is 0.931 bits per heavy atom. The summed E-state index contributed by atoms with van der Waals surface area (Å²) < 4.78 is 11.1. The summed E-state index contributed by atoms with van der Waals surface area (Å²) in [6.07, 6.45) is -0.604. The van der Waals surface area contributed by atoms with Crippen molar-refractivity contribution in [1.82, 2.24) is 5.32 Å². The summed E-state index contributed by atoms with van der Waals surface area (Å²) in [6, 6.07) is 27.6. The molecule has 0 aliphatic heterocycles. The van der Waals surface area contributed by atoms with Crippen molar-refractivity contribution in [2.75, 3.05) is 7.11 Å². The summed E-state index contributed by atoms with van der Waals surface area (Å²) in [5, 5.41) is 3.20. The van der Waals surface area contributed by atoms with Crippen LogP contribution in [0, 0.1) is 0 Å². The molecule has 3 aromatic carbocycles. The highest BCUT2D eigenvalue weighted by atomic mass is 16.5. The second-order valence-electron chi connectivity index (χ2n) is 7.15. The van der Waals surface area contributed by atoms with Gasteiger partial charge < -0.3 is 14.8 Å². The molecular weight excluding hydrogens is 362 g/mol. The number of nitrogens with one attached hydrogen (secondary N) is 1. The van der Waals surface area contributed by atoms with Gasteiger partial charge in [0.1, 0.15) is 11.9 Å². The van der Waals surface area contributed by atoms with Crippen LogP contribution in [0.2, 0.25) is 0 Å². The van der Waals surface area contributed by atoms with Crippen LogP contribution in [-0.2, 0) is 21.7 Å². The first-order valence-corrected chi connectivity index (χ1v) is 9.70. The normalized spacial score (nSPS) is 12.2. The zero-order valence-electron chi connectivity index (χ0n) is 17.1. The van der Waals surface area contributed by atoms with E-state index in [1.807, 2.05) is 91.9 Å². The fourth-order valence-corrected chi connectivity index (χ4v) is 3.26. The maximum Gasteiger partial charge on any atom is 0.249 e. The molecule has 0 saturated heterocycles. The van der Waals surface area contributed by atoms with Crippen molar-refractivity contribution < 1.29 is 14.3 Å². The van der Waals surface area contributed by atoms with E-state index in [1.165, 1.54) is 0 Å². The van der Waals surface area contributed by atoms with Crippen molar-refractivity contribution in [2.45, 2.75) is 32.1 Å². The summed E-state index contributed by atoms with van der Waals surface area (Å²) in [5.41, 5.74) is 2.32. The average molecular weight is 389 g/mol. The molecule has 4 nitrogen and oxygen atoms in total. The van der Waals surface area contributed by atoms with Gasteiger partial charge in [-0.25, -0.2) is 0 Å². The lowest BCUT2D eigenvalue weighted by atomic mass is 9.84. The van der Waals surface area contributed by atoms with Crippen LogP contribution in [0.1, 0.15) is 30.5 Å². The zero-order valence-corrected chi connectivity index (χ0v) is 17.1. The molecule has 0 spiro atoms. The topological polar surface area (TPSA) is 47.6 Å². The number of benzene rings is 3. The minimum Gasteiger partial charge on any atom is -0.497 e. The van der Waals surface area contributed by atoms with Crippen molar-refractivity contribution >= 4 is 5.91 Å². The first kappa shape index (κ1) is 20.6. The fraction of sp³-hybridized carbons (Fsp3) is 0.240. The van der Waals surface area contributed by atoms with Gasteiger partial charge in [0, 0.05) is 0 Å². The molecule has 150 valence electrons. The Kier molecular flexibility index (Phi) is 6.68. The molecule has 29 heavy (non-hydrogen) atoms. The molecule has 1 N–H and O–H groups in total. The van der Waals surface area contributed by atoms with E-state index in [-0.39, 0.29) is 5.91 Å². The molecule has 0 radical (unpaired) electrons. The van der Waals surface area contributed by atoms with E-state index >= 15 is 0 Å². The van der Waals surface area contributed by atoms with Crippen LogP contribution in [-0.4, -0.2) is 19.1 Å². The van der Waals surface area contributed by atoms with Crippen molar-refractivity contribution in [3.63, 3.8) is 0 Å². The molecule has 0 heterocycles. The number of amides is 1. The second-order valence-corrected chi connectivity index (χ2v) is 7.15. The Labute approximate surface area is 172 Å². The summed E-state index contributed by atoms with van der Waals surface area (Å²) in [6.45, 7) is 4.12. The van der Waals surface area contributed by atoms with Crippen LogP contribution < -0.4 is 10.1 Å². The van der Waals surface area contributed by atoms with E-state index in [4.69, 9.17) is 9.47 Å². The van der Waals surface area contributed by atoms with Gasteiger partial charge in [-0.2, -0.15) is 0 Å². The molecule has 0 aromatic heterocycles. The molecular formula is C25H27NO3. The number of methoxy groups -OCH3 is 1. The van der Waals surface area contributed by atoms with Gasteiger partial charge in [0.2, 0.25) is 5.91 Å². The van der Waals surface area contributed by atoms with Gasteiger partial charge in [-0.1, -0.05) is 72.8 Å². The summed E-state index contributed by atoms with van der Waals surface area (Å²) in [5.74, 6) is 0.604. The predicted molar refractivity (Wildman–Crippen MR) is 115 cm³/mol. The van der Waals surface area contributed by atoms with Gasteiger partial charge in [-0.15, -0.1) is 0 Å². The van der Waals surface area contributed by atoms with E-state index in [1.54, 1.807) is 14.0 Å². The highest BCUT2D eigenvalue weighted by Gasteiger charge is 2.32. The van der Waals surface area contributed by atoms with Crippen molar-refractivity contribution in [3.8, 4) is 5.75 Å². The number of hydrogen-bond donors (Lipinski definition) is 1. The third kappa shape index (κ3) is 5.04. The maximum absolute atomic E-state index is 13.0. The van der Waals surface area contributed by atoms with Gasteiger partial charge in [0.15, 0.2) is 0 Å². The van der Waals surface area contributed by atoms with E-state index in [0.717, 1.165) is 22.4 Å². The van der Waals surface area contributed by atoms with Crippen LogP contribution in [0.5, 0.6) is 5.75 Å². The quantitative estimate of drug-likeness (QED) is 0.608. The number of rotatable bonds is 8. The van der Waals surface area contributed by atoms with Gasteiger partial charge in [0.05, 0.1) is 19.3 Å². The summed E-state index contributed by atoms with van der Waals surface area (Å²) >= 11 is 0. The number of carbonyl (C=O) groups is 1. The van der Waals surface area contributed by atoms with Crippen molar-refractivity contribution in [2.24, 2.45) is 0 Å². The van der Waals surface area contributed by atoms with Gasteiger partial charge >= 0.3 is 0 Å². The zero-order chi connectivity index (χ0) is 20.7. The molecule has 1 unspecified atom stereocenters. The molecule has 4 heteroatoms. The lowest BCUT2D eigenvalue weighted by Crippen LogP contribution is -2.48. The van der Waals surface area contributed by atoms with E-state index < -0.39 is 11.6 Å². The monoisotopic (exact) mass is 389 g/mol. The largest absolute Gasteiger partial charge is 0.497 e. The molecule has 1 atom stereocenters. The maximum atomic E-state index is 13.0. The number of ether oxygens (including phenoxy) is 2. The molecule has 0 aliphatic carbocycles. The van der Waals surface area contributed by atoms with Crippen LogP contribution in [0.15, 0.2) is 84.9 Å². The molecule has 0 saturated carbocycles. The van der Waals surface area contributed by atoms with Crippen LogP contribution >= 0.6 is 0 Å². The Bertz CT molecular complexity index is 886. The van der Waals surface area contributed by atoms with E-state index in [2.05, 4.69) is 5.32 Å². The van der Waals surface area contributed by atoms with Crippen molar-refractivity contribution in [3.05, 3.63) is 102 Å². The molecule has 1 amide bonds. The number of carbonyl (C=O) groups excluding carboxylic acids is 1. The molecule has 0 aliphatic rings. The predicted octanol–water partition coefficient (Wildman–Crippen LogP) is 4.68. The standard InChI is InChI=1S/C25H27NO3/c1-19(29-18-20-11-10-16-23(17-20)28-3)24(27)26-25(2,21-12-6-4-7-13-21)22-14-8-5-9-15-22/h4-17,19H,18H2,1-3H3,(H,26,27). The van der Waals surface area contributed by atoms with Crippen LogP contribution in [0.4, 0.5) is 0 Å². The van der Waals surface area contributed by atoms with E-state index in [0.29, 0.717) is 6.61 Å². The molecule has 0 fully saturated rings. The van der Waals surface area contributed by atoms with Crippen LogP contribution in [0.25, 0.3) is 0 Å². The van der Waals surface area contributed by atoms with Crippen molar-refractivity contribution in [1.29, 1.82) is 0 Å². The van der Waals surface area contributed by atoms with Gasteiger partial charge in [-0.05, 0) is 42.7 Å². The van der Waals surface area contributed by atoms with Gasteiger partial charge in [-0.3, -0.25) is 4.79 Å². The Balaban J connectivity index is 1.74. The number of hydrogen-bond acceptors (Lipinski definition) is 3. The average Bonchev–Trinajstić information content (AvgIpc) is 2.78. The molecule has 3 rings (SSSR count). The minimum atomic E-state index is -0.660. The highest BCUT2D eigenvalue weighted by Crippen LogP contribution is 2.29. The highest BCUT2D eigenvalue weighted by molar-refractivity contribution is 5.82. The Morgan fingerprint density at radius 3 is 2.07 bits per heavy atom. The second kappa shape index (κ2) is 9.39. The third-order valence-electron chi connectivity index (χ3n) is 5.08. The van der Waals surface area contributed by atoms with E-state index in [9.17, 15) is 4.79 Å². The van der Waals surface area contributed by atoms with Gasteiger partial charge in [0.25, 0.3) is 0 Å². The fourth-order valence-electron chi connectivity index (χ4n) is 3.26. The Hall–Kier alpha value is -3.11. The lowest BCUT2D eigenvalue weighted by molar-refractivity contribution is -0.134. The lowest BCUT2D eigenvalue weighted by Gasteiger charge is -2.33. The summed E-state index contributed by atoms with van der Waals surface area (Å²) in [4.78, 5) is 13.0. The Morgan fingerprint density at radius 2 is 1.52 bits per heavy atom. The smallest absolute Gasteiger partial charge is 0.249 e. The molecule has 0 bridgehead atoms.